The summed E-state index contributed by atoms with van der Waals surface area (Å²) in [7, 11) is 1.55. The highest BCUT2D eigenvalue weighted by molar-refractivity contribution is 6.28. The fourth-order valence-corrected chi connectivity index (χ4v) is 1.88. The molecule has 0 saturated heterocycles. The lowest BCUT2D eigenvalue weighted by molar-refractivity contribution is 0.413. The Bertz CT molecular complexity index is 727. The van der Waals surface area contributed by atoms with Crippen LogP contribution in [0.25, 0.3) is 10.9 Å². The number of hydrogen-bond acceptors (Lipinski definition) is 5. The fraction of sp³-hybridized carbons (Fsp3) is 0.0833. The Morgan fingerprint density at radius 2 is 2.21 bits per heavy atom. The van der Waals surface area contributed by atoms with Gasteiger partial charge in [0.15, 0.2) is 11.6 Å². The average molecular weight is 276 g/mol. The van der Waals surface area contributed by atoms with E-state index in [-0.39, 0.29) is 5.28 Å². The van der Waals surface area contributed by atoms with E-state index in [1.165, 1.54) is 6.20 Å². The van der Waals surface area contributed by atoms with Crippen LogP contribution >= 0.6 is 11.6 Å². The minimum absolute atomic E-state index is 0.160. The van der Waals surface area contributed by atoms with Gasteiger partial charge in [0.05, 0.1) is 25.0 Å². The number of halogens is 1. The lowest BCUT2D eigenvalue weighted by Crippen LogP contribution is -1.99. The molecule has 0 saturated carbocycles. The van der Waals surface area contributed by atoms with Gasteiger partial charge in [0.2, 0.25) is 5.28 Å². The van der Waals surface area contributed by atoms with Gasteiger partial charge in [-0.15, -0.1) is 0 Å². The highest BCUT2D eigenvalue weighted by Crippen LogP contribution is 2.27. The van der Waals surface area contributed by atoms with Gasteiger partial charge in [0.25, 0.3) is 0 Å². The highest BCUT2D eigenvalue weighted by atomic mass is 35.5. The van der Waals surface area contributed by atoms with E-state index in [1.807, 2.05) is 18.2 Å². The van der Waals surface area contributed by atoms with Crippen LogP contribution in [0.4, 0.5) is 11.5 Å². The van der Waals surface area contributed by atoms with Crippen molar-refractivity contribution in [3.63, 3.8) is 0 Å². The first kappa shape index (κ1) is 11.7. The lowest BCUT2D eigenvalue weighted by Gasteiger charge is -2.09. The molecule has 2 aromatic heterocycles. The van der Waals surface area contributed by atoms with E-state index >= 15 is 0 Å². The third kappa shape index (κ3) is 2.30. The molecule has 2 N–H and O–H groups in total. The van der Waals surface area contributed by atoms with Crippen LogP contribution < -0.4 is 10.1 Å². The van der Waals surface area contributed by atoms with E-state index in [9.17, 15) is 0 Å². The molecular formula is C12H10ClN5O. The summed E-state index contributed by atoms with van der Waals surface area (Å²) >= 11 is 5.78. The summed E-state index contributed by atoms with van der Waals surface area (Å²) in [4.78, 5) is 7.97. The minimum atomic E-state index is 0.160. The van der Waals surface area contributed by atoms with Crippen LogP contribution in [0.3, 0.4) is 0 Å². The zero-order valence-corrected chi connectivity index (χ0v) is 10.8. The number of methoxy groups -OCH3 is 1. The number of hydrogen-bond donors (Lipinski definition) is 2. The molecule has 0 aliphatic rings. The Balaban J connectivity index is 1.97. The van der Waals surface area contributed by atoms with Gasteiger partial charge < -0.3 is 10.1 Å². The molecule has 0 aliphatic heterocycles. The first-order valence-electron chi connectivity index (χ1n) is 5.53. The summed E-state index contributed by atoms with van der Waals surface area (Å²) in [5.41, 5.74) is 1.83. The van der Waals surface area contributed by atoms with E-state index < -0.39 is 0 Å². The summed E-state index contributed by atoms with van der Waals surface area (Å²) in [6, 6.07) is 5.80. The molecular weight excluding hydrogens is 266 g/mol. The van der Waals surface area contributed by atoms with Crippen molar-refractivity contribution in [3.8, 4) is 5.75 Å². The maximum absolute atomic E-state index is 5.78. The summed E-state index contributed by atoms with van der Waals surface area (Å²) < 4.78 is 5.18. The van der Waals surface area contributed by atoms with Gasteiger partial charge in [0, 0.05) is 11.1 Å². The van der Waals surface area contributed by atoms with Crippen molar-refractivity contribution in [1.82, 2.24) is 20.2 Å². The maximum atomic E-state index is 5.78. The molecule has 3 aromatic rings. The number of anilines is 2. The SMILES string of the molecule is COc1cnc(Cl)nc1Nc1ccc2[nH]ncc2c1. The van der Waals surface area contributed by atoms with Crippen molar-refractivity contribution >= 4 is 34.0 Å². The number of ether oxygens (including phenoxy) is 1. The molecule has 96 valence electrons. The second-order valence-corrected chi connectivity index (χ2v) is 4.19. The van der Waals surface area contributed by atoms with Crippen LogP contribution in [-0.2, 0) is 0 Å². The fourth-order valence-electron chi connectivity index (χ4n) is 1.75. The van der Waals surface area contributed by atoms with Gasteiger partial charge in [-0.3, -0.25) is 5.10 Å². The van der Waals surface area contributed by atoms with Crippen molar-refractivity contribution in [2.45, 2.75) is 0 Å². The predicted molar refractivity (Wildman–Crippen MR) is 73.0 cm³/mol. The Kier molecular flexibility index (Phi) is 2.92. The number of aromatic amines is 1. The van der Waals surface area contributed by atoms with Crippen molar-refractivity contribution in [2.75, 3.05) is 12.4 Å². The Morgan fingerprint density at radius 1 is 1.32 bits per heavy atom. The quantitative estimate of drug-likeness (QED) is 0.719. The molecule has 2 heterocycles. The zero-order chi connectivity index (χ0) is 13.2. The van der Waals surface area contributed by atoms with Crippen molar-refractivity contribution in [1.29, 1.82) is 0 Å². The second-order valence-electron chi connectivity index (χ2n) is 3.85. The Hall–Kier alpha value is -2.34. The van der Waals surface area contributed by atoms with E-state index in [0.29, 0.717) is 11.6 Å². The molecule has 19 heavy (non-hydrogen) atoms. The molecule has 3 rings (SSSR count). The molecule has 0 atom stereocenters. The summed E-state index contributed by atoms with van der Waals surface area (Å²) in [6.45, 7) is 0. The molecule has 0 spiro atoms. The third-order valence-electron chi connectivity index (χ3n) is 2.65. The van der Waals surface area contributed by atoms with E-state index in [4.69, 9.17) is 16.3 Å². The smallest absolute Gasteiger partial charge is 0.224 e. The van der Waals surface area contributed by atoms with Crippen molar-refractivity contribution < 1.29 is 4.74 Å². The summed E-state index contributed by atoms with van der Waals surface area (Å²) in [5, 5.41) is 11.2. The Morgan fingerprint density at radius 3 is 3.05 bits per heavy atom. The van der Waals surface area contributed by atoms with Gasteiger partial charge in [-0.2, -0.15) is 10.1 Å². The molecule has 0 aliphatic carbocycles. The van der Waals surface area contributed by atoms with Crippen LogP contribution in [-0.4, -0.2) is 27.3 Å². The Labute approximate surface area is 113 Å². The number of fused-ring (bicyclic) bond motifs is 1. The van der Waals surface area contributed by atoms with E-state index in [0.717, 1.165) is 16.6 Å². The molecule has 0 radical (unpaired) electrons. The highest BCUT2D eigenvalue weighted by Gasteiger charge is 2.07. The van der Waals surface area contributed by atoms with E-state index in [1.54, 1.807) is 13.3 Å². The molecule has 6 nitrogen and oxygen atoms in total. The molecule has 0 bridgehead atoms. The van der Waals surface area contributed by atoms with Gasteiger partial charge in [-0.25, -0.2) is 4.98 Å². The number of rotatable bonds is 3. The van der Waals surface area contributed by atoms with Gasteiger partial charge in [-0.05, 0) is 29.8 Å². The molecule has 7 heteroatoms. The van der Waals surface area contributed by atoms with Crippen LogP contribution in [0, 0.1) is 0 Å². The van der Waals surface area contributed by atoms with Gasteiger partial charge in [0.1, 0.15) is 0 Å². The second kappa shape index (κ2) is 4.74. The summed E-state index contributed by atoms with van der Waals surface area (Å²) in [5.74, 6) is 1.04. The molecule has 0 unspecified atom stereocenters. The van der Waals surface area contributed by atoms with E-state index in [2.05, 4.69) is 25.5 Å². The maximum Gasteiger partial charge on any atom is 0.224 e. The van der Waals surface area contributed by atoms with Crippen molar-refractivity contribution in [2.24, 2.45) is 0 Å². The third-order valence-corrected chi connectivity index (χ3v) is 2.83. The molecule has 1 aromatic carbocycles. The minimum Gasteiger partial charge on any atom is -0.491 e. The van der Waals surface area contributed by atoms with Gasteiger partial charge >= 0.3 is 0 Å². The van der Waals surface area contributed by atoms with Crippen LogP contribution in [0.5, 0.6) is 5.75 Å². The standard InChI is InChI=1S/C12H10ClN5O/c1-19-10-6-14-12(13)17-11(10)16-8-2-3-9-7(4-8)5-15-18-9/h2-6H,1H3,(H,15,18)(H,14,16,17). The number of nitrogens with one attached hydrogen (secondary N) is 2. The zero-order valence-electron chi connectivity index (χ0n) is 10.0. The normalized spacial score (nSPS) is 10.6. The van der Waals surface area contributed by atoms with Crippen molar-refractivity contribution in [3.05, 3.63) is 35.9 Å². The molecule has 0 amide bonds. The summed E-state index contributed by atoms with van der Waals surface area (Å²) in [6.07, 6.45) is 3.28. The monoisotopic (exact) mass is 275 g/mol. The first-order valence-corrected chi connectivity index (χ1v) is 5.91. The molecule has 0 fully saturated rings. The van der Waals surface area contributed by atoms with Crippen LogP contribution in [0.2, 0.25) is 5.28 Å². The number of benzene rings is 1. The van der Waals surface area contributed by atoms with Gasteiger partial charge in [-0.1, -0.05) is 0 Å². The lowest BCUT2D eigenvalue weighted by atomic mass is 10.2. The first-order chi connectivity index (χ1) is 9.26. The van der Waals surface area contributed by atoms with Crippen LogP contribution in [0.15, 0.2) is 30.6 Å². The number of aromatic nitrogens is 4. The largest absolute Gasteiger partial charge is 0.491 e. The number of nitrogens with zero attached hydrogens (tertiary/aromatic N) is 3. The topological polar surface area (TPSA) is 75.7 Å². The average Bonchev–Trinajstić information content (AvgIpc) is 2.86. The van der Waals surface area contributed by atoms with Crippen LogP contribution in [0.1, 0.15) is 0 Å². The predicted octanol–water partition coefficient (Wildman–Crippen LogP) is 2.76. The number of H-pyrrole nitrogens is 1.